The number of ether oxygens (including phenoxy) is 11. The Morgan fingerprint density at radius 1 is 0.445 bits per heavy atom. The fourth-order valence-corrected chi connectivity index (χ4v) is 14.2. The maximum Gasteiger partial charge on any atom is 0.312 e. The largest absolute Gasteiger partial charge is 0.493 e. The smallest absolute Gasteiger partial charge is 0.312 e. The second-order valence-corrected chi connectivity index (χ2v) is 32.9. The van der Waals surface area contributed by atoms with Gasteiger partial charge in [0.1, 0.15) is 114 Å². The zero-order chi connectivity index (χ0) is 93.5. The van der Waals surface area contributed by atoms with Gasteiger partial charge in [0.25, 0.3) is 0 Å². The van der Waals surface area contributed by atoms with Gasteiger partial charge in [-0.2, -0.15) is 0 Å². The summed E-state index contributed by atoms with van der Waals surface area (Å²) in [5, 5.41) is 49.6. The van der Waals surface area contributed by atoms with Gasteiger partial charge in [0, 0.05) is 82.2 Å². The molecule has 128 heavy (non-hydrogen) atoms. The summed E-state index contributed by atoms with van der Waals surface area (Å²) in [5.41, 5.74) is 16.4. The summed E-state index contributed by atoms with van der Waals surface area (Å²) in [6, 6.07) is 34.9. The van der Waals surface area contributed by atoms with E-state index in [0.29, 0.717) is 125 Å². The van der Waals surface area contributed by atoms with Crippen molar-refractivity contribution in [1.82, 2.24) is 25.6 Å². The number of primary amides is 2. The highest BCUT2D eigenvalue weighted by molar-refractivity contribution is 5.98. The number of esters is 2. The van der Waals surface area contributed by atoms with E-state index in [0.717, 1.165) is 0 Å². The van der Waals surface area contributed by atoms with E-state index in [1.54, 1.807) is 178 Å². The summed E-state index contributed by atoms with van der Waals surface area (Å²) in [4.78, 5) is 100. The predicted molar refractivity (Wildman–Crippen MR) is 465 cm³/mol. The minimum Gasteiger partial charge on any atom is -0.493 e. The maximum atomic E-state index is 13.7. The van der Waals surface area contributed by atoms with E-state index < -0.39 is 75.4 Å². The highest BCUT2D eigenvalue weighted by Gasteiger charge is 2.45. The van der Waals surface area contributed by atoms with Crippen molar-refractivity contribution in [3.63, 3.8) is 0 Å². The molecule has 0 radical (unpaired) electrons. The third kappa shape index (κ3) is 24.0. The first-order valence-electron chi connectivity index (χ1n) is 41.5. The summed E-state index contributed by atoms with van der Waals surface area (Å²) in [6.07, 6.45) is -1.03. The van der Waals surface area contributed by atoms with Crippen molar-refractivity contribution >= 4 is 41.4 Å². The number of methoxy groups -OCH3 is 3. The molecular weight excluding hydrogens is 1660 g/mol. The molecule has 0 spiro atoms. The molecule has 3 aliphatic heterocycles. The topological polar surface area (TPSA) is 443 Å². The van der Waals surface area contributed by atoms with Gasteiger partial charge in [0.2, 0.25) is 0 Å². The highest BCUT2D eigenvalue weighted by Crippen LogP contribution is 2.49. The van der Waals surface area contributed by atoms with Crippen LogP contribution in [0.2, 0.25) is 0 Å². The number of fused-ring (bicyclic) bond motifs is 3. The molecule has 33 heteroatoms. The average Bonchev–Trinajstić information content (AvgIpc) is 1.59. The van der Waals surface area contributed by atoms with Crippen LogP contribution < -0.4 is 70.5 Å². The Hall–Kier alpha value is -13.0. The first kappa shape index (κ1) is 97.2. The van der Waals surface area contributed by atoms with E-state index in [9.17, 15) is 67.2 Å². The van der Waals surface area contributed by atoms with Gasteiger partial charge in [0.15, 0.2) is 69.1 Å². The number of nitrogens with two attached hydrogens (primary N) is 3. The number of pyridine rings is 3. The van der Waals surface area contributed by atoms with Crippen LogP contribution in [0.4, 0.5) is 22.8 Å². The van der Waals surface area contributed by atoms with Crippen molar-refractivity contribution in [2.45, 2.75) is 179 Å². The average molecular weight is 1770 g/mol. The standard InChI is InChI=1S/C33H38FN3O8.C32H37FN2O7.C30H34FN3O7/c1-6-28(39)45-19(2)17-43-25-12-9-21(15-26(25)42-5)24(38)13-14-33(4,41)27-16-23-30(44-18-32(23,3)37-31(35)40)29(36-27)20-7-10-22(34)11-8-20;1-6-28(37)42-19(2)17-40-25-12-9-21(15-26(25)39-5)24(36)13-14-32(4,38)27-16-23-30(41-18-31(23,3)34)29(35-27)20-7-10-22(33)11-8-20;1-17(35)15-40-23-10-7-19(13-24(23)39-4)22(36)11-12-30(3,38)25-14-21-27(41-16-29(21,2)34-28(32)37)26(33-25)18-5-8-20(31)9-6-18/h7-12,15-16,19,41H,6,13-14,17-18H2,1-5H3,(H3,35,37,40);7-12,15-16,19,38H,6,13-14,17-18,34H2,1-5H3;5-10,13-14,17,35,38H,11-12,15-16H2,1-4H3,(H3,32,34,37)/t19-,32-,33-;19-,31-,32-;17-,29-,30-/m111/s1. The second-order valence-electron chi connectivity index (χ2n) is 32.9. The summed E-state index contributed by atoms with van der Waals surface area (Å²) in [7, 11) is 4.37. The molecule has 0 aliphatic carbocycles. The van der Waals surface area contributed by atoms with Crippen molar-refractivity contribution in [1.29, 1.82) is 0 Å². The van der Waals surface area contributed by atoms with Crippen molar-refractivity contribution < 1.29 is 119 Å². The van der Waals surface area contributed by atoms with E-state index in [2.05, 4.69) is 20.6 Å². The summed E-state index contributed by atoms with van der Waals surface area (Å²) >= 11 is 0. The van der Waals surface area contributed by atoms with Gasteiger partial charge in [-0.05, 0) is 227 Å². The first-order valence-corrected chi connectivity index (χ1v) is 41.5. The molecule has 0 saturated heterocycles. The lowest BCUT2D eigenvalue weighted by molar-refractivity contribution is -0.150. The number of carbonyl (C=O) groups excluding carboxylic acids is 7. The predicted octanol–water partition coefficient (Wildman–Crippen LogP) is 13.6. The van der Waals surface area contributed by atoms with Gasteiger partial charge in [0.05, 0.1) is 50.1 Å². The second kappa shape index (κ2) is 41.2. The molecule has 3 aliphatic rings. The van der Waals surface area contributed by atoms with Crippen LogP contribution in [0.25, 0.3) is 33.8 Å². The first-order chi connectivity index (χ1) is 60.4. The Kier molecular flexibility index (Phi) is 31.3. The third-order valence-electron chi connectivity index (χ3n) is 21.7. The third-order valence-corrected chi connectivity index (χ3v) is 21.7. The molecule has 30 nitrogen and oxygen atoms in total. The number of rotatable bonds is 36. The number of nitrogens with zero attached hydrogens (tertiary/aromatic N) is 3. The molecule has 12 rings (SSSR count). The molecule has 3 aromatic heterocycles. The molecule has 0 bridgehead atoms. The maximum absolute atomic E-state index is 13.7. The molecule has 6 heterocycles. The number of halogens is 3. The molecule has 0 unspecified atom stereocenters. The zero-order valence-electron chi connectivity index (χ0n) is 73.8. The van der Waals surface area contributed by atoms with Gasteiger partial charge in [-0.25, -0.2) is 37.7 Å². The fraction of sp³-hybridized carbons (Fsp3) is 0.389. The van der Waals surface area contributed by atoms with Crippen LogP contribution in [0.3, 0.4) is 0 Å². The van der Waals surface area contributed by atoms with Crippen LogP contribution >= 0.6 is 0 Å². The summed E-state index contributed by atoms with van der Waals surface area (Å²) in [5.74, 6) is 0.858. The van der Waals surface area contributed by atoms with Crippen molar-refractivity contribution in [3.8, 4) is 85.5 Å². The van der Waals surface area contributed by atoms with Crippen LogP contribution in [0.15, 0.2) is 146 Å². The fourth-order valence-electron chi connectivity index (χ4n) is 14.2. The van der Waals surface area contributed by atoms with Gasteiger partial charge < -0.3 is 100 Å². The van der Waals surface area contributed by atoms with Gasteiger partial charge in [-0.1, -0.05) is 13.8 Å². The number of carbonyl (C=O) groups is 7. The SMILES string of the molecule is CCC(=O)O[C@H](C)COc1ccc(C(=O)CC[C@@](C)(O)c2cc3c(c(-c4ccc(F)cc4)n2)OC[C@@]3(C)N)cc1OC.CCC(=O)O[C@H](C)COc1ccc(C(=O)CC[C@@](C)(O)c2cc3c(c(-c4ccc(F)cc4)n2)OC[C@@]3(C)NC(N)=O)cc1OC.COc1cc(C(=O)CC[C@@](C)(O)c2cc3c(c(-c4ccc(F)cc4)n2)OC[C@@]3(C)NC(N)=O)ccc1OC[C@@H](C)O. The van der Waals surface area contributed by atoms with Crippen molar-refractivity contribution in [2.75, 3.05) is 61.0 Å². The Morgan fingerprint density at radius 2 is 0.734 bits per heavy atom. The molecule has 6 aromatic carbocycles. The van der Waals surface area contributed by atoms with Crippen LogP contribution in [0.1, 0.15) is 192 Å². The van der Waals surface area contributed by atoms with Crippen LogP contribution in [0, 0.1) is 17.5 Å². The van der Waals surface area contributed by atoms with E-state index >= 15 is 0 Å². The Labute approximate surface area is 739 Å². The zero-order valence-corrected chi connectivity index (χ0v) is 73.8. The molecule has 682 valence electrons. The van der Waals surface area contributed by atoms with E-state index in [1.165, 1.54) is 57.7 Å². The van der Waals surface area contributed by atoms with Gasteiger partial charge >= 0.3 is 24.0 Å². The molecule has 0 fully saturated rings. The number of hydrogen-bond acceptors (Lipinski definition) is 26. The lowest BCUT2D eigenvalue weighted by Gasteiger charge is -2.27. The normalized spacial score (nSPS) is 17.7. The van der Waals surface area contributed by atoms with Crippen molar-refractivity contribution in [3.05, 3.63) is 214 Å². The number of benzene rings is 6. The number of nitrogens with one attached hydrogen (secondary N) is 2. The van der Waals surface area contributed by atoms with E-state index in [-0.39, 0.29) is 138 Å². The number of ketones is 3. The van der Waals surface area contributed by atoms with Crippen LogP contribution in [-0.2, 0) is 52.5 Å². The number of amides is 4. The summed E-state index contributed by atoms with van der Waals surface area (Å²) < 4.78 is 102. The number of aromatic nitrogens is 3. The van der Waals surface area contributed by atoms with Gasteiger partial charge in [-0.3, -0.25) is 24.0 Å². The van der Waals surface area contributed by atoms with Crippen LogP contribution in [-0.4, -0.2) is 156 Å². The number of aliphatic hydroxyl groups is 4. The molecular formula is C95H109F3N8O22. The number of hydrogen-bond donors (Lipinski definition) is 9. The van der Waals surface area contributed by atoms with Crippen molar-refractivity contribution in [2.24, 2.45) is 17.2 Å². The molecule has 9 atom stereocenters. The lowest BCUT2D eigenvalue weighted by atomic mass is 9.87. The Bertz CT molecular complexity index is 5540. The number of aliphatic hydroxyl groups excluding tert-OH is 1. The summed E-state index contributed by atoms with van der Waals surface area (Å²) in [6.45, 7) is 19.1. The minimum atomic E-state index is -1.59. The van der Waals surface area contributed by atoms with E-state index in [1.807, 2.05) is 6.92 Å². The Balaban J connectivity index is 0.000000200. The monoisotopic (exact) mass is 1770 g/mol. The van der Waals surface area contributed by atoms with Crippen LogP contribution in [0.5, 0.6) is 51.7 Å². The molecule has 12 N–H and O–H groups in total. The van der Waals surface area contributed by atoms with Gasteiger partial charge in [-0.15, -0.1) is 0 Å². The molecule has 0 saturated carbocycles. The molecule has 9 aromatic rings. The minimum absolute atomic E-state index is 0.00216. The van der Waals surface area contributed by atoms with E-state index in [4.69, 9.17) is 74.3 Å². The quantitative estimate of drug-likeness (QED) is 0.0130. The lowest BCUT2D eigenvalue weighted by Crippen LogP contribution is -2.47. The highest BCUT2D eigenvalue weighted by atomic mass is 19.1. The molecule has 4 amide bonds. The number of Topliss-reactive ketones (excluding diaryl/α,β-unsaturated/α-hetero) is 3. The Morgan fingerprint density at radius 3 is 1.02 bits per heavy atom. The number of urea groups is 2.